The number of benzene rings is 1. The van der Waals surface area contributed by atoms with Crippen LogP contribution in [0.1, 0.15) is 25.8 Å². The van der Waals surface area contributed by atoms with Crippen LogP contribution in [-0.2, 0) is 14.9 Å². The molecule has 1 N–H and O–H groups in total. The average Bonchev–Trinajstić information content (AvgIpc) is 2.23. The van der Waals surface area contributed by atoms with Gasteiger partial charge in [-0.1, -0.05) is 31.5 Å². The highest BCUT2D eigenvalue weighted by Crippen LogP contribution is 2.34. The van der Waals surface area contributed by atoms with E-state index in [1.807, 2.05) is 19.9 Å². The second kappa shape index (κ2) is 5.39. The Labute approximate surface area is 117 Å². The molecule has 0 atom stereocenters. The Morgan fingerprint density at radius 2 is 2.21 bits per heavy atom. The lowest BCUT2D eigenvalue weighted by molar-refractivity contribution is -0.138. The van der Waals surface area contributed by atoms with Crippen LogP contribution >= 0.6 is 11.6 Å². The molecular weight excluding hydrogens is 268 g/mol. The maximum absolute atomic E-state index is 10.9. The summed E-state index contributed by atoms with van der Waals surface area (Å²) in [5.74, 6) is -0.210. The fraction of sp³-hybridized carbons (Fsp3) is 0.500. The Balaban J connectivity index is 2.15. The summed E-state index contributed by atoms with van der Waals surface area (Å²) in [6, 6.07) is 5.43. The first-order valence-electron chi connectivity index (χ1n) is 6.15. The second-order valence-electron chi connectivity index (χ2n) is 5.38. The van der Waals surface area contributed by atoms with Crippen LogP contribution in [0.25, 0.3) is 0 Å². The van der Waals surface area contributed by atoms with E-state index in [1.165, 1.54) is 0 Å². The average molecular weight is 285 g/mol. The topological polar surface area (TPSA) is 55.8 Å². The summed E-state index contributed by atoms with van der Waals surface area (Å²) in [6.45, 7) is 4.94. The van der Waals surface area contributed by atoms with E-state index in [1.54, 1.807) is 12.1 Å². The first-order valence-corrected chi connectivity index (χ1v) is 6.52. The molecule has 1 aliphatic heterocycles. The first-order chi connectivity index (χ1) is 8.88. The van der Waals surface area contributed by atoms with Gasteiger partial charge in [0.1, 0.15) is 11.9 Å². The van der Waals surface area contributed by atoms with Crippen molar-refractivity contribution in [2.75, 3.05) is 13.2 Å². The predicted octanol–water partition coefficient (Wildman–Crippen LogP) is 2.87. The molecule has 0 amide bonds. The van der Waals surface area contributed by atoms with Crippen LogP contribution in [0.4, 0.5) is 0 Å². The summed E-state index contributed by atoms with van der Waals surface area (Å²) in [5, 5.41) is 9.42. The van der Waals surface area contributed by atoms with Crippen LogP contribution < -0.4 is 4.74 Å². The van der Waals surface area contributed by atoms with Gasteiger partial charge in [0.25, 0.3) is 0 Å². The van der Waals surface area contributed by atoms with Gasteiger partial charge in [-0.3, -0.25) is 4.79 Å². The number of aliphatic carboxylic acids is 1. The molecule has 5 heteroatoms. The Kier molecular flexibility index (Phi) is 4.02. The minimum Gasteiger partial charge on any atom is -0.484 e. The fourth-order valence-electron chi connectivity index (χ4n) is 1.96. The van der Waals surface area contributed by atoms with Crippen molar-refractivity contribution in [3.8, 4) is 5.75 Å². The molecule has 19 heavy (non-hydrogen) atoms. The van der Waals surface area contributed by atoms with Gasteiger partial charge in [-0.15, -0.1) is 0 Å². The summed E-state index contributed by atoms with van der Waals surface area (Å²) in [6.07, 6.45) is 0.121. The molecule has 0 bridgehead atoms. The molecule has 2 rings (SSSR count). The van der Waals surface area contributed by atoms with Gasteiger partial charge in [-0.05, 0) is 17.7 Å². The molecule has 0 saturated carbocycles. The van der Waals surface area contributed by atoms with Crippen LogP contribution in [-0.4, -0.2) is 30.4 Å². The van der Waals surface area contributed by atoms with E-state index in [9.17, 15) is 4.79 Å². The van der Waals surface area contributed by atoms with Gasteiger partial charge in [0.15, 0.2) is 0 Å². The molecular formula is C14H17ClO4. The van der Waals surface area contributed by atoms with Gasteiger partial charge < -0.3 is 14.6 Å². The normalized spacial score (nSPS) is 15.9. The van der Waals surface area contributed by atoms with E-state index in [4.69, 9.17) is 26.2 Å². The Hall–Kier alpha value is -1.26. The summed E-state index contributed by atoms with van der Waals surface area (Å²) >= 11 is 6.18. The third kappa shape index (κ3) is 3.39. The van der Waals surface area contributed by atoms with Crippen LogP contribution in [0.15, 0.2) is 18.2 Å². The van der Waals surface area contributed by atoms with Crippen molar-refractivity contribution < 1.29 is 19.4 Å². The fourth-order valence-corrected chi connectivity index (χ4v) is 2.18. The van der Waals surface area contributed by atoms with Crippen LogP contribution in [0.5, 0.6) is 5.75 Å². The van der Waals surface area contributed by atoms with Crippen LogP contribution in [0, 0.1) is 0 Å². The second-order valence-corrected chi connectivity index (χ2v) is 5.78. The maximum atomic E-state index is 10.9. The monoisotopic (exact) mass is 284 g/mol. The summed E-state index contributed by atoms with van der Waals surface area (Å²) in [5.41, 5.74) is 0.422. The molecule has 0 aromatic heterocycles. The molecule has 1 aromatic carbocycles. The van der Waals surface area contributed by atoms with Gasteiger partial charge in [0, 0.05) is 5.41 Å². The molecule has 1 heterocycles. The van der Waals surface area contributed by atoms with E-state index in [0.29, 0.717) is 24.0 Å². The summed E-state index contributed by atoms with van der Waals surface area (Å²) in [7, 11) is 0. The Morgan fingerprint density at radius 3 is 2.68 bits per heavy atom. The molecule has 1 aromatic rings. The van der Waals surface area contributed by atoms with Crippen molar-refractivity contribution in [2.24, 2.45) is 0 Å². The first kappa shape index (κ1) is 14.2. The molecule has 0 unspecified atom stereocenters. The lowest BCUT2D eigenvalue weighted by Gasteiger charge is -2.28. The largest absolute Gasteiger partial charge is 0.484 e. The molecule has 1 saturated heterocycles. The number of ether oxygens (including phenoxy) is 2. The number of hydrogen-bond donors (Lipinski definition) is 1. The molecule has 4 nitrogen and oxygen atoms in total. The van der Waals surface area contributed by atoms with Crippen LogP contribution in [0.3, 0.4) is 0 Å². The van der Waals surface area contributed by atoms with Gasteiger partial charge in [0.2, 0.25) is 0 Å². The predicted molar refractivity (Wildman–Crippen MR) is 72.0 cm³/mol. The summed E-state index contributed by atoms with van der Waals surface area (Å²) < 4.78 is 10.7. The molecule has 0 aliphatic carbocycles. The van der Waals surface area contributed by atoms with E-state index in [2.05, 4.69) is 0 Å². The van der Waals surface area contributed by atoms with Crippen molar-refractivity contribution in [2.45, 2.75) is 31.8 Å². The van der Waals surface area contributed by atoms with Crippen molar-refractivity contribution in [1.29, 1.82) is 0 Å². The number of carbonyl (C=O) groups is 1. The van der Waals surface area contributed by atoms with Gasteiger partial charge >= 0.3 is 5.97 Å². The van der Waals surface area contributed by atoms with E-state index < -0.39 is 11.4 Å². The SMILES string of the molecule is CC(C)(CC(=O)O)c1ccc(OC2COC2)c(Cl)c1. The number of carboxylic acids is 1. The van der Waals surface area contributed by atoms with Crippen molar-refractivity contribution in [3.05, 3.63) is 28.8 Å². The Morgan fingerprint density at radius 1 is 1.53 bits per heavy atom. The third-order valence-electron chi connectivity index (χ3n) is 3.21. The Bertz CT molecular complexity index is 480. The zero-order chi connectivity index (χ0) is 14.0. The lowest BCUT2D eigenvalue weighted by Crippen LogP contribution is -2.38. The van der Waals surface area contributed by atoms with E-state index in [-0.39, 0.29) is 12.5 Å². The van der Waals surface area contributed by atoms with E-state index >= 15 is 0 Å². The van der Waals surface area contributed by atoms with Crippen molar-refractivity contribution in [1.82, 2.24) is 0 Å². The minimum absolute atomic E-state index is 0.0556. The quantitative estimate of drug-likeness (QED) is 0.903. The number of hydrogen-bond acceptors (Lipinski definition) is 3. The van der Waals surface area contributed by atoms with Crippen molar-refractivity contribution >= 4 is 17.6 Å². The van der Waals surface area contributed by atoms with E-state index in [0.717, 1.165) is 5.56 Å². The van der Waals surface area contributed by atoms with Gasteiger partial charge in [-0.2, -0.15) is 0 Å². The van der Waals surface area contributed by atoms with Gasteiger partial charge in [-0.25, -0.2) is 0 Å². The minimum atomic E-state index is -0.826. The zero-order valence-corrected chi connectivity index (χ0v) is 11.7. The summed E-state index contributed by atoms with van der Waals surface area (Å²) in [4.78, 5) is 10.9. The molecule has 1 aliphatic rings. The number of carboxylic acid groups (broad SMARTS) is 1. The maximum Gasteiger partial charge on any atom is 0.304 e. The molecule has 104 valence electrons. The number of rotatable bonds is 5. The van der Waals surface area contributed by atoms with Crippen LogP contribution in [0.2, 0.25) is 5.02 Å². The highest BCUT2D eigenvalue weighted by molar-refractivity contribution is 6.32. The lowest BCUT2D eigenvalue weighted by atomic mass is 9.81. The number of halogens is 1. The smallest absolute Gasteiger partial charge is 0.304 e. The van der Waals surface area contributed by atoms with Crippen molar-refractivity contribution in [3.63, 3.8) is 0 Å². The molecule has 1 fully saturated rings. The molecule has 0 radical (unpaired) electrons. The standard InChI is InChI=1S/C14H17ClO4/c1-14(2,6-13(16)17)9-3-4-12(11(15)5-9)19-10-7-18-8-10/h3-5,10H,6-8H2,1-2H3,(H,16,17). The van der Waals surface area contributed by atoms with Gasteiger partial charge in [0.05, 0.1) is 24.7 Å². The highest BCUT2D eigenvalue weighted by Gasteiger charge is 2.26. The highest BCUT2D eigenvalue weighted by atomic mass is 35.5. The third-order valence-corrected chi connectivity index (χ3v) is 3.50. The molecule has 0 spiro atoms. The zero-order valence-electron chi connectivity index (χ0n) is 11.0.